The van der Waals surface area contributed by atoms with Gasteiger partial charge in [-0.25, -0.2) is 4.98 Å². The highest BCUT2D eigenvalue weighted by molar-refractivity contribution is 7.99. The number of nitrogens with zero attached hydrogens (tertiary/aromatic N) is 2. The van der Waals surface area contributed by atoms with Gasteiger partial charge in [-0.05, 0) is 23.3 Å². The summed E-state index contributed by atoms with van der Waals surface area (Å²) >= 11 is 1.45. The van der Waals surface area contributed by atoms with E-state index in [1.165, 1.54) is 11.8 Å². The first kappa shape index (κ1) is 18.3. The Morgan fingerprint density at radius 2 is 1.50 bits per heavy atom. The SMILES string of the molecule is Cn1c(SCC(=O)NC(c2ccccc2)c2ccccc2)nc2ccccc21. The third-order valence-corrected chi connectivity index (χ3v) is 5.68. The predicted octanol–water partition coefficient (Wildman–Crippen LogP) is 4.57. The lowest BCUT2D eigenvalue weighted by atomic mass is 9.99. The molecule has 1 N–H and O–H groups in total. The van der Waals surface area contributed by atoms with E-state index in [1.807, 2.05) is 96.5 Å². The fraction of sp³-hybridized carbons (Fsp3) is 0.130. The first-order valence-corrected chi connectivity index (χ1v) is 10.1. The number of imidazole rings is 1. The molecule has 0 aliphatic rings. The van der Waals surface area contributed by atoms with Crippen LogP contribution >= 0.6 is 11.8 Å². The monoisotopic (exact) mass is 387 g/mol. The van der Waals surface area contributed by atoms with Crippen molar-refractivity contribution in [1.82, 2.24) is 14.9 Å². The number of nitrogens with one attached hydrogen (secondary N) is 1. The molecule has 0 atom stereocenters. The lowest BCUT2D eigenvalue weighted by Crippen LogP contribution is -2.30. The molecule has 4 nitrogen and oxygen atoms in total. The number of carbonyl (C=O) groups is 1. The van der Waals surface area contributed by atoms with Gasteiger partial charge in [0.1, 0.15) is 0 Å². The molecule has 1 aromatic heterocycles. The van der Waals surface area contributed by atoms with Crippen LogP contribution in [0.3, 0.4) is 0 Å². The van der Waals surface area contributed by atoms with Crippen LogP contribution in [0.2, 0.25) is 0 Å². The summed E-state index contributed by atoms with van der Waals surface area (Å²) in [6.07, 6.45) is 0. The van der Waals surface area contributed by atoms with Crippen LogP contribution in [0, 0.1) is 0 Å². The van der Waals surface area contributed by atoms with Gasteiger partial charge in [0.2, 0.25) is 5.91 Å². The van der Waals surface area contributed by atoms with Crippen molar-refractivity contribution < 1.29 is 4.79 Å². The Labute approximate surface area is 168 Å². The Hall–Kier alpha value is -3.05. The number of hydrogen-bond acceptors (Lipinski definition) is 3. The zero-order valence-corrected chi connectivity index (χ0v) is 16.4. The first-order valence-electron chi connectivity index (χ1n) is 9.16. The molecular weight excluding hydrogens is 366 g/mol. The molecule has 5 heteroatoms. The molecule has 28 heavy (non-hydrogen) atoms. The average molecular weight is 388 g/mol. The highest BCUT2D eigenvalue weighted by Gasteiger charge is 2.17. The molecule has 140 valence electrons. The summed E-state index contributed by atoms with van der Waals surface area (Å²) in [7, 11) is 1.98. The van der Waals surface area contributed by atoms with E-state index in [4.69, 9.17) is 0 Å². The first-order chi connectivity index (χ1) is 13.7. The lowest BCUT2D eigenvalue weighted by Gasteiger charge is -2.19. The molecular formula is C23H21N3OS. The maximum Gasteiger partial charge on any atom is 0.231 e. The predicted molar refractivity (Wildman–Crippen MR) is 114 cm³/mol. The molecule has 0 unspecified atom stereocenters. The second-order valence-corrected chi connectivity index (χ2v) is 7.50. The van der Waals surface area contributed by atoms with Gasteiger partial charge in [0.15, 0.2) is 5.16 Å². The summed E-state index contributed by atoms with van der Waals surface area (Å²) in [5.74, 6) is 0.294. The van der Waals surface area contributed by atoms with E-state index in [0.717, 1.165) is 27.3 Å². The largest absolute Gasteiger partial charge is 0.344 e. The summed E-state index contributed by atoms with van der Waals surface area (Å²) in [6, 6.07) is 27.9. The minimum absolute atomic E-state index is 0.0187. The van der Waals surface area contributed by atoms with Crippen molar-refractivity contribution in [3.05, 3.63) is 96.1 Å². The van der Waals surface area contributed by atoms with E-state index in [9.17, 15) is 4.79 Å². The highest BCUT2D eigenvalue weighted by Crippen LogP contribution is 2.24. The molecule has 0 radical (unpaired) electrons. The standard InChI is InChI=1S/C23H21N3OS/c1-26-20-15-9-8-14-19(20)24-23(26)28-16-21(27)25-22(17-10-4-2-5-11-17)18-12-6-3-7-13-18/h2-15,22H,16H2,1H3,(H,25,27). The van der Waals surface area contributed by atoms with Gasteiger partial charge >= 0.3 is 0 Å². The van der Waals surface area contributed by atoms with Gasteiger partial charge in [-0.15, -0.1) is 0 Å². The normalized spacial score (nSPS) is 11.1. The molecule has 0 fully saturated rings. The summed E-state index contributed by atoms with van der Waals surface area (Å²) in [6.45, 7) is 0. The van der Waals surface area contributed by atoms with E-state index in [1.54, 1.807) is 0 Å². The minimum atomic E-state index is -0.170. The number of aromatic nitrogens is 2. The number of aryl methyl sites for hydroxylation is 1. The number of para-hydroxylation sites is 2. The van der Waals surface area contributed by atoms with Crippen LogP contribution in [-0.4, -0.2) is 21.2 Å². The van der Waals surface area contributed by atoms with E-state index in [0.29, 0.717) is 5.75 Å². The number of rotatable bonds is 6. The Morgan fingerprint density at radius 1 is 0.929 bits per heavy atom. The van der Waals surface area contributed by atoms with Crippen molar-refractivity contribution in [2.45, 2.75) is 11.2 Å². The lowest BCUT2D eigenvalue weighted by molar-refractivity contribution is -0.119. The summed E-state index contributed by atoms with van der Waals surface area (Å²) in [4.78, 5) is 17.4. The van der Waals surface area contributed by atoms with Gasteiger partial charge in [0.05, 0.1) is 22.8 Å². The van der Waals surface area contributed by atoms with Crippen molar-refractivity contribution in [1.29, 1.82) is 0 Å². The molecule has 0 spiro atoms. The van der Waals surface area contributed by atoms with Crippen molar-refractivity contribution >= 4 is 28.7 Å². The summed E-state index contributed by atoms with van der Waals surface area (Å²) in [5, 5.41) is 4.02. The number of hydrogen-bond donors (Lipinski definition) is 1. The summed E-state index contributed by atoms with van der Waals surface area (Å²) in [5.41, 5.74) is 4.14. The molecule has 1 amide bonds. The van der Waals surface area contributed by atoms with Gasteiger partial charge < -0.3 is 9.88 Å². The zero-order chi connectivity index (χ0) is 19.3. The van der Waals surface area contributed by atoms with Crippen molar-refractivity contribution in [3.63, 3.8) is 0 Å². The van der Waals surface area contributed by atoms with Crippen LogP contribution in [0.15, 0.2) is 90.1 Å². The molecule has 0 aliphatic heterocycles. The maximum atomic E-state index is 12.7. The van der Waals surface area contributed by atoms with Gasteiger partial charge in [-0.1, -0.05) is 84.6 Å². The van der Waals surface area contributed by atoms with Crippen LogP contribution < -0.4 is 5.32 Å². The average Bonchev–Trinajstić information content (AvgIpc) is 3.07. The van der Waals surface area contributed by atoms with Crippen LogP contribution in [0.1, 0.15) is 17.2 Å². The minimum Gasteiger partial charge on any atom is -0.344 e. The van der Waals surface area contributed by atoms with Crippen molar-refractivity contribution in [2.24, 2.45) is 7.05 Å². The number of thioether (sulfide) groups is 1. The number of benzene rings is 3. The molecule has 3 aromatic carbocycles. The van der Waals surface area contributed by atoms with E-state index in [-0.39, 0.29) is 11.9 Å². The van der Waals surface area contributed by atoms with Crippen LogP contribution in [0.5, 0.6) is 0 Å². The molecule has 1 heterocycles. The van der Waals surface area contributed by atoms with Gasteiger partial charge in [-0.2, -0.15) is 0 Å². The van der Waals surface area contributed by atoms with Crippen molar-refractivity contribution in [3.8, 4) is 0 Å². The van der Waals surface area contributed by atoms with Gasteiger partial charge in [-0.3, -0.25) is 4.79 Å². The Morgan fingerprint density at radius 3 is 2.11 bits per heavy atom. The number of fused-ring (bicyclic) bond motifs is 1. The fourth-order valence-electron chi connectivity index (χ4n) is 3.24. The Balaban J connectivity index is 1.49. The molecule has 0 bridgehead atoms. The smallest absolute Gasteiger partial charge is 0.231 e. The summed E-state index contributed by atoms with van der Waals surface area (Å²) < 4.78 is 2.03. The maximum absolute atomic E-state index is 12.7. The molecule has 0 aliphatic carbocycles. The topological polar surface area (TPSA) is 46.9 Å². The van der Waals surface area contributed by atoms with E-state index < -0.39 is 0 Å². The second-order valence-electron chi connectivity index (χ2n) is 6.55. The molecule has 4 rings (SSSR count). The molecule has 0 saturated carbocycles. The third kappa shape index (κ3) is 3.94. The van der Waals surface area contributed by atoms with Crippen LogP contribution in [0.25, 0.3) is 11.0 Å². The highest BCUT2D eigenvalue weighted by atomic mass is 32.2. The Kier molecular flexibility index (Phi) is 5.44. The number of carbonyl (C=O) groups excluding carboxylic acids is 1. The van der Waals surface area contributed by atoms with Gasteiger partial charge in [0, 0.05) is 7.05 Å². The number of amides is 1. The Bertz CT molecular complexity index is 1040. The van der Waals surface area contributed by atoms with Crippen LogP contribution in [0.4, 0.5) is 0 Å². The van der Waals surface area contributed by atoms with Gasteiger partial charge in [0.25, 0.3) is 0 Å². The third-order valence-electron chi connectivity index (χ3n) is 4.65. The van der Waals surface area contributed by atoms with E-state index in [2.05, 4.69) is 10.3 Å². The van der Waals surface area contributed by atoms with E-state index >= 15 is 0 Å². The van der Waals surface area contributed by atoms with Crippen molar-refractivity contribution in [2.75, 3.05) is 5.75 Å². The second kappa shape index (κ2) is 8.31. The molecule has 0 saturated heterocycles. The zero-order valence-electron chi connectivity index (χ0n) is 15.6. The van der Waals surface area contributed by atoms with Crippen LogP contribution in [-0.2, 0) is 11.8 Å². The molecule has 4 aromatic rings. The quantitative estimate of drug-likeness (QED) is 0.493. The fourth-order valence-corrected chi connectivity index (χ4v) is 4.03.